The molecule has 110 valence electrons. The average molecular weight is 282 g/mol. The van der Waals surface area contributed by atoms with Crippen molar-refractivity contribution in [3.63, 3.8) is 0 Å². The molecule has 0 radical (unpaired) electrons. The molecule has 0 fully saturated rings. The second-order valence-electron chi connectivity index (χ2n) is 4.02. The third-order valence-electron chi connectivity index (χ3n) is 2.66. The smallest absolute Gasteiger partial charge is 0.322 e. The van der Waals surface area contributed by atoms with Gasteiger partial charge in [0.2, 0.25) is 0 Å². The van der Waals surface area contributed by atoms with Crippen LogP contribution in [0.2, 0.25) is 0 Å². The quantitative estimate of drug-likeness (QED) is 0.441. The van der Waals surface area contributed by atoms with Crippen molar-refractivity contribution in [2.24, 2.45) is 0 Å². The Balaban J connectivity index is 2.45. The number of benzene rings is 1. The van der Waals surface area contributed by atoms with E-state index in [1.54, 1.807) is 0 Å². The van der Waals surface area contributed by atoms with E-state index in [0.717, 1.165) is 0 Å². The molecule has 1 unspecified atom stereocenters. The number of likely N-dealkylation sites (N-methyl/N-ethyl adjacent to an activating group) is 1. The van der Waals surface area contributed by atoms with E-state index in [2.05, 4.69) is 10.1 Å². The van der Waals surface area contributed by atoms with Crippen LogP contribution in [0.15, 0.2) is 24.3 Å². The predicted molar refractivity (Wildman–Crippen MR) is 72.7 cm³/mol. The lowest BCUT2D eigenvalue weighted by Gasteiger charge is -2.15. The number of carbonyl (C=O) groups is 1. The molecule has 1 atom stereocenters. The summed E-state index contributed by atoms with van der Waals surface area (Å²) in [6.45, 7) is 2.86. The fraction of sp³-hybridized carbons (Fsp3) is 0.462. The summed E-state index contributed by atoms with van der Waals surface area (Å²) >= 11 is 0. The third-order valence-corrected chi connectivity index (χ3v) is 2.66. The first-order valence-corrected chi connectivity index (χ1v) is 6.27. The van der Waals surface area contributed by atoms with E-state index in [-0.39, 0.29) is 11.7 Å². The predicted octanol–water partition coefficient (Wildman–Crippen LogP) is 1.51. The first kappa shape index (κ1) is 15.9. The van der Waals surface area contributed by atoms with Crippen molar-refractivity contribution >= 4 is 11.7 Å². The van der Waals surface area contributed by atoms with Crippen LogP contribution < -0.4 is 10.1 Å². The Hall–Kier alpha value is -2.15. The topological polar surface area (TPSA) is 90.7 Å². The number of nitro benzene ring substituents is 1. The minimum Gasteiger partial charge on any atom is -0.494 e. The van der Waals surface area contributed by atoms with Gasteiger partial charge in [-0.3, -0.25) is 14.9 Å². The summed E-state index contributed by atoms with van der Waals surface area (Å²) in [6, 6.07) is 5.38. The highest BCUT2D eigenvalue weighted by Crippen LogP contribution is 2.17. The number of nitrogens with zero attached hydrogens (tertiary/aromatic N) is 1. The minimum absolute atomic E-state index is 0.0115. The van der Waals surface area contributed by atoms with Gasteiger partial charge in [-0.15, -0.1) is 0 Å². The van der Waals surface area contributed by atoms with Gasteiger partial charge in [0.1, 0.15) is 11.8 Å². The molecule has 1 aromatic carbocycles. The van der Waals surface area contributed by atoms with E-state index in [9.17, 15) is 14.9 Å². The highest BCUT2D eigenvalue weighted by atomic mass is 16.6. The van der Waals surface area contributed by atoms with Crippen molar-refractivity contribution in [2.45, 2.75) is 19.4 Å². The van der Waals surface area contributed by atoms with E-state index < -0.39 is 11.0 Å². The zero-order valence-electron chi connectivity index (χ0n) is 11.5. The van der Waals surface area contributed by atoms with Gasteiger partial charge in [0.25, 0.3) is 5.69 Å². The Kier molecular flexibility index (Phi) is 6.45. The number of nitro groups is 1. The highest BCUT2D eigenvalue weighted by Gasteiger charge is 2.17. The molecule has 7 nitrogen and oxygen atoms in total. The molecule has 0 aromatic heterocycles. The van der Waals surface area contributed by atoms with Gasteiger partial charge in [0.05, 0.1) is 18.6 Å². The molecule has 0 saturated carbocycles. The highest BCUT2D eigenvalue weighted by molar-refractivity contribution is 5.75. The standard InChI is InChI=1S/C13H18N2O5/c1-3-14-12(13(16)19-2)8-9-20-11-6-4-10(5-7-11)15(17)18/h4-7,12,14H,3,8-9H2,1-2H3. The van der Waals surface area contributed by atoms with Crippen molar-refractivity contribution < 1.29 is 19.2 Å². The normalized spacial score (nSPS) is 11.7. The molecule has 1 aromatic rings. The van der Waals surface area contributed by atoms with Gasteiger partial charge in [-0.25, -0.2) is 0 Å². The van der Waals surface area contributed by atoms with Crippen LogP contribution in [0.4, 0.5) is 5.69 Å². The Labute approximate surface area is 117 Å². The van der Waals surface area contributed by atoms with Crippen molar-refractivity contribution in [2.75, 3.05) is 20.3 Å². The monoisotopic (exact) mass is 282 g/mol. The summed E-state index contributed by atoms with van der Waals surface area (Å²) in [4.78, 5) is 21.5. The van der Waals surface area contributed by atoms with Crippen molar-refractivity contribution in [3.05, 3.63) is 34.4 Å². The van der Waals surface area contributed by atoms with E-state index in [1.165, 1.54) is 31.4 Å². The van der Waals surface area contributed by atoms with Crippen LogP contribution in [0.3, 0.4) is 0 Å². The lowest BCUT2D eigenvalue weighted by atomic mass is 10.2. The number of nitrogens with one attached hydrogen (secondary N) is 1. The SMILES string of the molecule is CCNC(CCOc1ccc([N+](=O)[O-])cc1)C(=O)OC. The molecule has 1 rings (SSSR count). The molecule has 7 heteroatoms. The van der Waals surface area contributed by atoms with E-state index in [4.69, 9.17) is 4.74 Å². The molecular formula is C13H18N2O5. The van der Waals surface area contributed by atoms with Gasteiger partial charge in [-0.2, -0.15) is 0 Å². The Morgan fingerprint density at radius 2 is 2.05 bits per heavy atom. The van der Waals surface area contributed by atoms with Crippen molar-refractivity contribution in [1.82, 2.24) is 5.32 Å². The van der Waals surface area contributed by atoms with Gasteiger partial charge in [-0.05, 0) is 18.7 Å². The Morgan fingerprint density at radius 1 is 1.40 bits per heavy atom. The average Bonchev–Trinajstić information content (AvgIpc) is 2.46. The van der Waals surface area contributed by atoms with Crippen LogP contribution in [0.25, 0.3) is 0 Å². The van der Waals surface area contributed by atoms with Gasteiger partial charge >= 0.3 is 5.97 Å². The molecule has 0 aliphatic carbocycles. The molecule has 0 spiro atoms. The first-order chi connectivity index (χ1) is 9.58. The Morgan fingerprint density at radius 3 is 2.55 bits per heavy atom. The molecule has 0 amide bonds. The number of hydrogen-bond acceptors (Lipinski definition) is 6. The largest absolute Gasteiger partial charge is 0.494 e. The third kappa shape index (κ3) is 4.85. The molecule has 0 saturated heterocycles. The van der Waals surface area contributed by atoms with Crippen LogP contribution in [-0.4, -0.2) is 37.2 Å². The summed E-state index contributed by atoms with van der Waals surface area (Å²) in [5.74, 6) is 0.190. The van der Waals surface area contributed by atoms with Crippen LogP contribution >= 0.6 is 0 Å². The van der Waals surface area contributed by atoms with Gasteiger partial charge in [0.15, 0.2) is 0 Å². The molecule has 20 heavy (non-hydrogen) atoms. The number of non-ortho nitro benzene ring substituents is 1. The lowest BCUT2D eigenvalue weighted by molar-refractivity contribution is -0.384. The molecule has 0 bridgehead atoms. The number of methoxy groups -OCH3 is 1. The fourth-order valence-corrected chi connectivity index (χ4v) is 1.65. The maximum absolute atomic E-state index is 11.4. The maximum Gasteiger partial charge on any atom is 0.322 e. The second kappa shape index (κ2) is 8.11. The number of carbonyl (C=O) groups excluding carboxylic acids is 1. The second-order valence-corrected chi connectivity index (χ2v) is 4.02. The molecule has 1 N–H and O–H groups in total. The summed E-state index contributed by atoms with van der Waals surface area (Å²) in [7, 11) is 1.34. The van der Waals surface area contributed by atoms with Gasteiger partial charge in [0, 0.05) is 18.6 Å². The van der Waals surface area contributed by atoms with E-state index >= 15 is 0 Å². The van der Waals surface area contributed by atoms with Gasteiger partial charge < -0.3 is 14.8 Å². The Bertz CT molecular complexity index is 447. The zero-order valence-corrected chi connectivity index (χ0v) is 11.5. The molecule has 0 aliphatic heterocycles. The minimum atomic E-state index is -0.470. The van der Waals surface area contributed by atoms with Crippen LogP contribution in [0.5, 0.6) is 5.75 Å². The summed E-state index contributed by atoms with van der Waals surface area (Å²) in [5.41, 5.74) is 0.0115. The molecular weight excluding hydrogens is 264 g/mol. The van der Waals surface area contributed by atoms with Gasteiger partial charge in [-0.1, -0.05) is 6.92 Å². The lowest BCUT2D eigenvalue weighted by Crippen LogP contribution is -2.38. The summed E-state index contributed by atoms with van der Waals surface area (Å²) < 4.78 is 10.1. The maximum atomic E-state index is 11.4. The number of esters is 1. The van der Waals surface area contributed by atoms with E-state index in [0.29, 0.717) is 25.3 Å². The summed E-state index contributed by atoms with van der Waals surface area (Å²) in [5, 5.41) is 13.5. The molecule has 0 aliphatic rings. The zero-order chi connectivity index (χ0) is 15.0. The fourth-order valence-electron chi connectivity index (χ4n) is 1.65. The van der Waals surface area contributed by atoms with Crippen LogP contribution in [0.1, 0.15) is 13.3 Å². The first-order valence-electron chi connectivity index (χ1n) is 6.27. The van der Waals surface area contributed by atoms with Crippen molar-refractivity contribution in [3.8, 4) is 5.75 Å². The number of ether oxygens (including phenoxy) is 2. The number of rotatable bonds is 8. The number of hydrogen-bond donors (Lipinski definition) is 1. The van der Waals surface area contributed by atoms with Crippen molar-refractivity contribution in [1.29, 1.82) is 0 Å². The molecule has 0 heterocycles. The van der Waals surface area contributed by atoms with E-state index in [1.807, 2.05) is 6.92 Å². The summed E-state index contributed by atoms with van der Waals surface area (Å²) in [6.07, 6.45) is 0.456. The van der Waals surface area contributed by atoms with Crippen LogP contribution in [-0.2, 0) is 9.53 Å². The van der Waals surface area contributed by atoms with Crippen LogP contribution in [0, 0.1) is 10.1 Å².